The zero-order valence-corrected chi connectivity index (χ0v) is 18.9. The van der Waals surface area contributed by atoms with E-state index in [9.17, 15) is 13.6 Å². The van der Waals surface area contributed by atoms with Crippen LogP contribution in [0.3, 0.4) is 0 Å². The predicted molar refractivity (Wildman–Crippen MR) is 122 cm³/mol. The maximum absolute atomic E-state index is 14.3. The van der Waals surface area contributed by atoms with Crippen molar-refractivity contribution in [3.8, 4) is 0 Å². The lowest BCUT2D eigenvalue weighted by Crippen LogP contribution is -2.41. The van der Waals surface area contributed by atoms with Crippen LogP contribution in [0.1, 0.15) is 27.5 Å². The lowest BCUT2D eigenvalue weighted by atomic mass is 10.1. The number of aromatic nitrogens is 1. The highest BCUT2D eigenvalue weighted by Gasteiger charge is 2.18. The zero-order chi connectivity index (χ0) is 23.8. The molecule has 7 nitrogen and oxygen atoms in total. The molecule has 0 unspecified atom stereocenters. The van der Waals surface area contributed by atoms with Crippen LogP contribution in [0, 0.1) is 11.6 Å². The number of hydrogen-bond donors (Lipinski definition) is 1. The molecule has 0 spiro atoms. The van der Waals surface area contributed by atoms with Crippen molar-refractivity contribution in [2.45, 2.75) is 19.6 Å². The number of carbonyl (C=O) groups excluding carboxylic acids is 1. The van der Waals surface area contributed by atoms with Crippen LogP contribution in [0.2, 0.25) is 0 Å². The normalized spacial score (nSPS) is 14.4. The van der Waals surface area contributed by atoms with E-state index in [1.165, 1.54) is 18.4 Å². The Balaban J connectivity index is 1.38. The first-order chi connectivity index (χ1) is 16.6. The number of carbonyl (C=O) groups is 1. The number of ether oxygens (including phenoxy) is 1. The maximum Gasteiger partial charge on any atom is 0.273 e. The smallest absolute Gasteiger partial charge is 0.273 e. The van der Waals surface area contributed by atoms with Crippen LogP contribution in [-0.4, -0.2) is 60.1 Å². The van der Waals surface area contributed by atoms with Crippen molar-refractivity contribution in [3.05, 3.63) is 89.1 Å². The van der Waals surface area contributed by atoms with Gasteiger partial charge in [-0.1, -0.05) is 36.4 Å². The second-order valence-electron chi connectivity index (χ2n) is 8.20. The van der Waals surface area contributed by atoms with Crippen molar-refractivity contribution in [2.75, 3.05) is 39.4 Å². The summed E-state index contributed by atoms with van der Waals surface area (Å²) >= 11 is 0. The maximum atomic E-state index is 14.3. The third kappa shape index (κ3) is 6.93. The first-order valence-electron chi connectivity index (χ1n) is 11.3. The van der Waals surface area contributed by atoms with Gasteiger partial charge in [0, 0.05) is 50.9 Å². The summed E-state index contributed by atoms with van der Waals surface area (Å²) in [6.45, 7) is 5.37. The molecule has 1 aliphatic rings. The summed E-state index contributed by atoms with van der Waals surface area (Å²) in [7, 11) is 0. The fraction of sp³-hybridized carbons (Fsp3) is 0.360. The molecule has 0 radical (unpaired) electrons. The minimum absolute atomic E-state index is 0.199. The largest absolute Gasteiger partial charge is 0.447 e. The SMILES string of the molecule is O=C(NCCN1CCOCC1)c1coc(CN(Cc2ccccc2)Cc2ccc(F)cc2F)n1. The average molecular weight is 471 g/mol. The number of halogens is 2. The lowest BCUT2D eigenvalue weighted by Gasteiger charge is -2.26. The van der Waals surface area contributed by atoms with E-state index in [-0.39, 0.29) is 24.7 Å². The summed E-state index contributed by atoms with van der Waals surface area (Å²) in [6.07, 6.45) is 1.33. The van der Waals surface area contributed by atoms with Gasteiger partial charge in [0.25, 0.3) is 5.91 Å². The number of morpholine rings is 1. The molecule has 1 aromatic heterocycles. The summed E-state index contributed by atoms with van der Waals surface area (Å²) in [5, 5.41) is 2.86. The van der Waals surface area contributed by atoms with E-state index in [2.05, 4.69) is 15.2 Å². The first-order valence-corrected chi connectivity index (χ1v) is 11.3. The molecular formula is C25H28F2N4O3. The highest BCUT2D eigenvalue weighted by atomic mass is 19.1. The second-order valence-corrected chi connectivity index (χ2v) is 8.20. The Hall–Kier alpha value is -3.14. The monoisotopic (exact) mass is 470 g/mol. The third-order valence-corrected chi connectivity index (χ3v) is 5.62. The zero-order valence-electron chi connectivity index (χ0n) is 18.9. The van der Waals surface area contributed by atoms with E-state index in [4.69, 9.17) is 9.15 Å². The molecule has 1 N–H and O–H groups in total. The quantitative estimate of drug-likeness (QED) is 0.491. The molecule has 4 rings (SSSR count). The first kappa shape index (κ1) is 24.0. The summed E-state index contributed by atoms with van der Waals surface area (Å²) < 4.78 is 38.5. The molecule has 1 saturated heterocycles. The number of oxazole rings is 1. The van der Waals surface area contributed by atoms with E-state index in [1.54, 1.807) is 0 Å². The third-order valence-electron chi connectivity index (χ3n) is 5.62. The molecule has 0 aliphatic carbocycles. The van der Waals surface area contributed by atoms with Crippen LogP contribution in [0.25, 0.3) is 0 Å². The molecule has 0 atom stereocenters. The van der Waals surface area contributed by atoms with Crippen molar-refractivity contribution in [3.63, 3.8) is 0 Å². The minimum Gasteiger partial charge on any atom is -0.447 e. The molecule has 180 valence electrons. The fourth-order valence-corrected chi connectivity index (χ4v) is 3.82. The summed E-state index contributed by atoms with van der Waals surface area (Å²) in [5.41, 5.74) is 1.59. The van der Waals surface area contributed by atoms with Crippen molar-refractivity contribution < 1.29 is 22.7 Å². The van der Waals surface area contributed by atoms with Gasteiger partial charge in [0.15, 0.2) is 5.69 Å². The van der Waals surface area contributed by atoms with Gasteiger partial charge in [0.05, 0.1) is 19.8 Å². The topological polar surface area (TPSA) is 70.8 Å². The fourth-order valence-electron chi connectivity index (χ4n) is 3.82. The van der Waals surface area contributed by atoms with E-state index in [0.717, 1.165) is 31.3 Å². The van der Waals surface area contributed by atoms with Gasteiger partial charge in [-0.15, -0.1) is 0 Å². The number of nitrogens with zero attached hydrogens (tertiary/aromatic N) is 3. The number of benzene rings is 2. The van der Waals surface area contributed by atoms with Gasteiger partial charge in [0.1, 0.15) is 17.9 Å². The van der Waals surface area contributed by atoms with Gasteiger partial charge < -0.3 is 14.5 Å². The molecule has 0 bridgehead atoms. The molecule has 1 amide bonds. The standard InChI is InChI=1S/C25H28F2N4O3/c26-21-7-6-20(22(27)14-21)16-31(15-19-4-2-1-3-5-19)17-24-29-23(18-34-24)25(32)28-8-9-30-10-12-33-13-11-30/h1-7,14,18H,8-13,15-17H2,(H,28,32). The molecular weight excluding hydrogens is 442 g/mol. The lowest BCUT2D eigenvalue weighted by molar-refractivity contribution is 0.0383. The highest BCUT2D eigenvalue weighted by Crippen LogP contribution is 2.17. The Morgan fingerprint density at radius 1 is 1.06 bits per heavy atom. The van der Waals surface area contributed by atoms with Crippen LogP contribution in [-0.2, 0) is 24.4 Å². The number of nitrogens with one attached hydrogen (secondary N) is 1. The molecule has 9 heteroatoms. The van der Waals surface area contributed by atoms with Crippen molar-refractivity contribution in [2.24, 2.45) is 0 Å². The molecule has 34 heavy (non-hydrogen) atoms. The predicted octanol–water partition coefficient (Wildman–Crippen LogP) is 3.22. The number of rotatable bonds is 10. The van der Waals surface area contributed by atoms with Gasteiger partial charge >= 0.3 is 0 Å². The van der Waals surface area contributed by atoms with Gasteiger partial charge in [-0.05, 0) is 11.6 Å². The van der Waals surface area contributed by atoms with Gasteiger partial charge in [-0.25, -0.2) is 13.8 Å². The van der Waals surface area contributed by atoms with E-state index < -0.39 is 11.6 Å². The molecule has 1 fully saturated rings. The molecule has 3 aromatic rings. The molecule has 2 heterocycles. The van der Waals surface area contributed by atoms with Crippen molar-refractivity contribution >= 4 is 5.91 Å². The van der Waals surface area contributed by atoms with E-state index >= 15 is 0 Å². The Morgan fingerprint density at radius 2 is 1.85 bits per heavy atom. The summed E-state index contributed by atoms with van der Waals surface area (Å²) in [4.78, 5) is 21.0. The van der Waals surface area contributed by atoms with Gasteiger partial charge in [-0.3, -0.25) is 14.6 Å². The van der Waals surface area contributed by atoms with E-state index in [0.29, 0.717) is 37.8 Å². The Morgan fingerprint density at radius 3 is 2.62 bits per heavy atom. The minimum atomic E-state index is -0.618. The van der Waals surface area contributed by atoms with Crippen LogP contribution >= 0.6 is 0 Å². The van der Waals surface area contributed by atoms with Crippen LogP contribution in [0.4, 0.5) is 8.78 Å². The molecule has 1 aliphatic heterocycles. The molecule has 2 aromatic carbocycles. The number of hydrogen-bond acceptors (Lipinski definition) is 6. The van der Waals surface area contributed by atoms with Gasteiger partial charge in [0.2, 0.25) is 5.89 Å². The summed E-state index contributed by atoms with van der Waals surface area (Å²) in [5.74, 6) is -1.18. The van der Waals surface area contributed by atoms with Crippen molar-refractivity contribution in [1.29, 1.82) is 0 Å². The van der Waals surface area contributed by atoms with Crippen LogP contribution < -0.4 is 5.32 Å². The molecule has 0 saturated carbocycles. The van der Waals surface area contributed by atoms with Gasteiger partial charge in [-0.2, -0.15) is 0 Å². The van der Waals surface area contributed by atoms with Crippen molar-refractivity contribution in [1.82, 2.24) is 20.1 Å². The summed E-state index contributed by atoms with van der Waals surface area (Å²) in [6, 6.07) is 13.3. The Kier molecular flexibility index (Phi) is 8.35. The second kappa shape index (κ2) is 11.8. The Bertz CT molecular complexity index is 1070. The van der Waals surface area contributed by atoms with Crippen LogP contribution in [0.5, 0.6) is 0 Å². The van der Waals surface area contributed by atoms with Crippen LogP contribution in [0.15, 0.2) is 59.2 Å². The Labute approximate surface area is 197 Å². The average Bonchev–Trinajstić information content (AvgIpc) is 3.31. The number of amides is 1. The van der Waals surface area contributed by atoms with E-state index in [1.807, 2.05) is 35.2 Å². The highest BCUT2D eigenvalue weighted by molar-refractivity contribution is 5.91.